The lowest BCUT2D eigenvalue weighted by Gasteiger charge is -2.08. The molecule has 3 aromatic rings. The highest BCUT2D eigenvalue weighted by Crippen LogP contribution is 2.29. The fraction of sp³-hybridized carbons (Fsp3) is 0.190. The smallest absolute Gasteiger partial charge is 0.416 e. The van der Waals surface area contributed by atoms with Gasteiger partial charge in [-0.15, -0.1) is 11.3 Å². The Balaban J connectivity index is 1.51. The summed E-state index contributed by atoms with van der Waals surface area (Å²) >= 11 is 1.64. The van der Waals surface area contributed by atoms with Gasteiger partial charge in [-0.3, -0.25) is 0 Å². The van der Waals surface area contributed by atoms with Crippen LogP contribution in [-0.4, -0.2) is 5.71 Å². The van der Waals surface area contributed by atoms with Crippen LogP contribution in [0.25, 0.3) is 0 Å². The Morgan fingerprint density at radius 3 is 2.29 bits per heavy atom. The number of benzene rings is 2. The summed E-state index contributed by atoms with van der Waals surface area (Å²) in [6.45, 7) is 2.42. The standard InChI is InChI=1S/C21H18F3NO2S/c1-15(25-27-13-16-4-8-18(9-5-16)21(22,23)24)17-6-10-19(11-7-17)26-14-20-3-2-12-28-20/h2-12H,13-14H2,1H3/b25-15+. The Hall–Kier alpha value is -2.80. The minimum absolute atomic E-state index is 0.0947. The van der Waals surface area contributed by atoms with Crippen molar-refractivity contribution in [3.05, 3.63) is 87.6 Å². The van der Waals surface area contributed by atoms with Gasteiger partial charge in [0.15, 0.2) is 0 Å². The molecule has 0 fully saturated rings. The lowest BCUT2D eigenvalue weighted by molar-refractivity contribution is -0.137. The van der Waals surface area contributed by atoms with E-state index in [2.05, 4.69) is 5.16 Å². The van der Waals surface area contributed by atoms with Gasteiger partial charge in [0.05, 0.1) is 11.3 Å². The lowest BCUT2D eigenvalue weighted by Crippen LogP contribution is -2.04. The molecule has 0 atom stereocenters. The highest BCUT2D eigenvalue weighted by molar-refractivity contribution is 7.09. The van der Waals surface area contributed by atoms with Crippen LogP contribution in [0.15, 0.2) is 71.2 Å². The molecule has 3 rings (SSSR count). The first-order valence-electron chi connectivity index (χ1n) is 8.50. The number of halogens is 3. The van der Waals surface area contributed by atoms with Crippen LogP contribution in [0, 0.1) is 0 Å². The summed E-state index contributed by atoms with van der Waals surface area (Å²) in [5, 5.41) is 6.04. The number of rotatable bonds is 7. The number of ether oxygens (including phenoxy) is 1. The van der Waals surface area contributed by atoms with Crippen molar-refractivity contribution < 1.29 is 22.7 Å². The van der Waals surface area contributed by atoms with Crippen molar-refractivity contribution in [3.63, 3.8) is 0 Å². The van der Waals surface area contributed by atoms with Crippen molar-refractivity contribution in [2.24, 2.45) is 5.16 Å². The molecule has 0 amide bonds. The van der Waals surface area contributed by atoms with E-state index < -0.39 is 11.7 Å². The Labute approximate surface area is 165 Å². The van der Waals surface area contributed by atoms with Gasteiger partial charge in [0.1, 0.15) is 19.0 Å². The molecule has 28 heavy (non-hydrogen) atoms. The van der Waals surface area contributed by atoms with E-state index in [0.29, 0.717) is 17.9 Å². The van der Waals surface area contributed by atoms with Crippen molar-refractivity contribution in [2.45, 2.75) is 26.3 Å². The summed E-state index contributed by atoms with van der Waals surface area (Å²) in [5.74, 6) is 0.760. The largest absolute Gasteiger partial charge is 0.488 e. The van der Waals surface area contributed by atoms with Crippen LogP contribution in [0.3, 0.4) is 0 Å². The Kier molecular flexibility index (Phi) is 6.36. The quantitative estimate of drug-likeness (QED) is 0.342. The van der Waals surface area contributed by atoms with Gasteiger partial charge in [0, 0.05) is 4.88 Å². The van der Waals surface area contributed by atoms with Gasteiger partial charge in [0.25, 0.3) is 0 Å². The van der Waals surface area contributed by atoms with Gasteiger partial charge in [-0.1, -0.05) is 23.4 Å². The second-order valence-electron chi connectivity index (χ2n) is 6.04. The van der Waals surface area contributed by atoms with Crippen molar-refractivity contribution in [3.8, 4) is 5.75 Å². The van der Waals surface area contributed by atoms with Crippen molar-refractivity contribution in [1.29, 1.82) is 0 Å². The van der Waals surface area contributed by atoms with Crippen molar-refractivity contribution >= 4 is 17.0 Å². The highest BCUT2D eigenvalue weighted by Gasteiger charge is 2.29. The molecule has 146 valence electrons. The Morgan fingerprint density at radius 1 is 0.964 bits per heavy atom. The molecule has 0 aliphatic rings. The third kappa shape index (κ3) is 5.60. The van der Waals surface area contributed by atoms with Gasteiger partial charge >= 0.3 is 6.18 Å². The summed E-state index contributed by atoms with van der Waals surface area (Å²) < 4.78 is 43.4. The van der Waals surface area contributed by atoms with Crippen molar-refractivity contribution in [2.75, 3.05) is 0 Å². The van der Waals surface area contributed by atoms with Crippen LogP contribution in [0.1, 0.15) is 28.5 Å². The van der Waals surface area contributed by atoms with E-state index in [9.17, 15) is 13.2 Å². The predicted octanol–water partition coefficient (Wildman–Crippen LogP) is 6.29. The van der Waals surface area contributed by atoms with E-state index in [1.54, 1.807) is 18.3 Å². The normalized spacial score (nSPS) is 12.1. The van der Waals surface area contributed by atoms with Gasteiger partial charge in [-0.05, 0) is 65.9 Å². The van der Waals surface area contributed by atoms with Gasteiger partial charge in [-0.25, -0.2) is 0 Å². The average Bonchev–Trinajstić information content (AvgIpc) is 3.20. The summed E-state index contributed by atoms with van der Waals surface area (Å²) in [7, 11) is 0. The van der Waals surface area contributed by atoms with Crippen LogP contribution in [0.5, 0.6) is 5.75 Å². The van der Waals surface area contributed by atoms with E-state index in [4.69, 9.17) is 9.57 Å². The van der Waals surface area contributed by atoms with Crippen LogP contribution in [-0.2, 0) is 24.2 Å². The first-order chi connectivity index (χ1) is 13.4. The van der Waals surface area contributed by atoms with Crippen LogP contribution < -0.4 is 4.74 Å². The maximum atomic E-state index is 12.6. The van der Waals surface area contributed by atoms with Gasteiger partial charge < -0.3 is 9.57 Å². The molecular formula is C21H18F3NO2S. The van der Waals surface area contributed by atoms with Crippen LogP contribution in [0.2, 0.25) is 0 Å². The molecule has 0 bridgehead atoms. The molecule has 0 aliphatic carbocycles. The third-order valence-electron chi connectivity index (χ3n) is 3.95. The molecule has 0 unspecified atom stereocenters. The summed E-state index contributed by atoms with van der Waals surface area (Å²) in [4.78, 5) is 6.42. The van der Waals surface area contributed by atoms with Crippen LogP contribution in [0.4, 0.5) is 13.2 Å². The summed E-state index contributed by atoms with van der Waals surface area (Å²) in [5.41, 5.74) is 1.46. The first kappa shape index (κ1) is 19.9. The molecule has 3 nitrogen and oxygen atoms in total. The highest BCUT2D eigenvalue weighted by atomic mass is 32.1. The van der Waals surface area contributed by atoms with E-state index in [-0.39, 0.29) is 6.61 Å². The van der Waals surface area contributed by atoms with E-state index >= 15 is 0 Å². The Bertz CT molecular complexity index is 902. The molecule has 0 aliphatic heterocycles. The zero-order valence-corrected chi connectivity index (χ0v) is 15.9. The Morgan fingerprint density at radius 2 is 1.68 bits per heavy atom. The maximum absolute atomic E-state index is 12.6. The number of nitrogens with zero attached hydrogens (tertiary/aromatic N) is 1. The lowest BCUT2D eigenvalue weighted by atomic mass is 10.1. The maximum Gasteiger partial charge on any atom is 0.416 e. The molecule has 0 N–H and O–H groups in total. The topological polar surface area (TPSA) is 30.8 Å². The zero-order valence-electron chi connectivity index (χ0n) is 15.1. The summed E-state index contributed by atoms with van der Waals surface area (Å²) in [6, 6.07) is 16.3. The molecule has 0 saturated heterocycles. The third-order valence-corrected chi connectivity index (χ3v) is 4.80. The number of oxime groups is 1. The molecule has 1 aromatic heterocycles. The fourth-order valence-corrected chi connectivity index (χ4v) is 3.00. The zero-order chi connectivity index (χ0) is 20.0. The molecule has 0 spiro atoms. The monoisotopic (exact) mass is 405 g/mol. The molecule has 1 heterocycles. The second kappa shape index (κ2) is 8.93. The molecular weight excluding hydrogens is 387 g/mol. The number of hydrogen-bond acceptors (Lipinski definition) is 4. The predicted molar refractivity (Wildman–Crippen MR) is 104 cm³/mol. The first-order valence-corrected chi connectivity index (χ1v) is 9.38. The molecule has 2 aromatic carbocycles. The molecule has 0 saturated carbocycles. The van der Waals surface area contributed by atoms with Crippen LogP contribution >= 0.6 is 11.3 Å². The fourth-order valence-electron chi connectivity index (χ4n) is 2.39. The SMILES string of the molecule is C/C(=N\OCc1ccc(C(F)(F)F)cc1)c1ccc(OCc2cccs2)cc1. The average molecular weight is 405 g/mol. The van der Waals surface area contributed by atoms with Crippen molar-refractivity contribution in [1.82, 2.24) is 0 Å². The van der Waals surface area contributed by atoms with Gasteiger partial charge in [-0.2, -0.15) is 13.2 Å². The molecule has 7 heteroatoms. The number of alkyl halides is 3. The van der Waals surface area contributed by atoms with E-state index in [1.165, 1.54) is 12.1 Å². The van der Waals surface area contributed by atoms with E-state index in [1.807, 2.05) is 41.8 Å². The minimum atomic E-state index is -4.34. The summed E-state index contributed by atoms with van der Waals surface area (Å²) in [6.07, 6.45) is -4.34. The minimum Gasteiger partial charge on any atom is -0.488 e. The van der Waals surface area contributed by atoms with Gasteiger partial charge in [0.2, 0.25) is 0 Å². The number of hydrogen-bond donors (Lipinski definition) is 0. The van der Waals surface area contributed by atoms with E-state index in [0.717, 1.165) is 28.3 Å². The second-order valence-corrected chi connectivity index (χ2v) is 7.07. The molecule has 0 radical (unpaired) electrons. The number of thiophene rings is 1.